The Morgan fingerprint density at radius 1 is 0.913 bits per heavy atom. The van der Waals surface area contributed by atoms with Gasteiger partial charge in [-0.25, -0.2) is 9.97 Å². The molecule has 0 saturated heterocycles. The van der Waals surface area contributed by atoms with Crippen molar-refractivity contribution in [2.24, 2.45) is 0 Å². The summed E-state index contributed by atoms with van der Waals surface area (Å²) in [5, 5.41) is 0. The summed E-state index contributed by atoms with van der Waals surface area (Å²) in [5.74, 6) is -1.99. The van der Waals surface area contributed by atoms with E-state index in [4.69, 9.17) is 9.47 Å². The molecule has 0 N–H and O–H groups in total. The smallest absolute Gasteiger partial charge is 0.314 e. The highest BCUT2D eigenvalue weighted by Gasteiger charge is 2.43. The fourth-order valence-electron chi connectivity index (χ4n) is 3.01. The second-order valence-corrected chi connectivity index (χ2v) is 5.81. The van der Waals surface area contributed by atoms with Crippen molar-refractivity contribution in [1.29, 1.82) is 0 Å². The molecule has 0 bridgehead atoms. The fraction of sp³-hybridized carbons (Fsp3) is 0.412. The third-order valence-electron chi connectivity index (χ3n) is 4.44. The SMILES string of the molecule is COC(=O)[C@@H]1C[C@@H](C(=O)OC)c2nc3cc(C)c(C)cc3nc21. The summed E-state index contributed by atoms with van der Waals surface area (Å²) in [4.78, 5) is 33.3. The quantitative estimate of drug-likeness (QED) is 0.790. The van der Waals surface area contributed by atoms with E-state index in [1.807, 2.05) is 26.0 Å². The maximum absolute atomic E-state index is 12.0. The van der Waals surface area contributed by atoms with Gasteiger partial charge in [0.05, 0.1) is 36.6 Å². The van der Waals surface area contributed by atoms with E-state index in [0.717, 1.165) is 11.1 Å². The van der Waals surface area contributed by atoms with Crippen molar-refractivity contribution in [3.63, 3.8) is 0 Å². The Labute approximate surface area is 133 Å². The largest absolute Gasteiger partial charge is 0.469 e. The zero-order valence-corrected chi connectivity index (χ0v) is 13.5. The van der Waals surface area contributed by atoms with E-state index in [9.17, 15) is 9.59 Å². The number of hydrogen-bond donors (Lipinski definition) is 0. The summed E-state index contributed by atoms with van der Waals surface area (Å²) >= 11 is 0. The van der Waals surface area contributed by atoms with Gasteiger partial charge in [0.2, 0.25) is 0 Å². The average molecular weight is 314 g/mol. The molecule has 0 aliphatic heterocycles. The molecule has 2 aromatic rings. The molecule has 0 saturated carbocycles. The van der Waals surface area contributed by atoms with Gasteiger partial charge < -0.3 is 9.47 Å². The van der Waals surface area contributed by atoms with Crippen molar-refractivity contribution in [2.45, 2.75) is 32.1 Å². The molecule has 1 aromatic heterocycles. The average Bonchev–Trinajstić information content (AvgIpc) is 2.91. The summed E-state index contributed by atoms with van der Waals surface area (Å²) in [7, 11) is 2.66. The van der Waals surface area contributed by atoms with Crippen molar-refractivity contribution in [3.8, 4) is 0 Å². The molecule has 6 nitrogen and oxygen atoms in total. The molecule has 120 valence electrons. The highest BCUT2D eigenvalue weighted by Crippen LogP contribution is 2.41. The minimum Gasteiger partial charge on any atom is -0.469 e. The predicted octanol–water partition coefficient (Wildman–Crippen LogP) is 2.16. The van der Waals surface area contributed by atoms with E-state index in [0.29, 0.717) is 22.4 Å². The van der Waals surface area contributed by atoms with Gasteiger partial charge in [-0.2, -0.15) is 0 Å². The van der Waals surface area contributed by atoms with Crippen LogP contribution in [0, 0.1) is 13.8 Å². The summed E-state index contributed by atoms with van der Waals surface area (Å²) < 4.78 is 9.70. The van der Waals surface area contributed by atoms with Gasteiger partial charge in [-0.3, -0.25) is 9.59 Å². The minimum absolute atomic E-state index is 0.281. The zero-order valence-electron chi connectivity index (χ0n) is 13.5. The number of aromatic nitrogens is 2. The first-order valence-electron chi connectivity index (χ1n) is 7.40. The van der Waals surface area contributed by atoms with Crippen LogP contribution in [0.2, 0.25) is 0 Å². The van der Waals surface area contributed by atoms with Crippen molar-refractivity contribution in [1.82, 2.24) is 9.97 Å². The maximum Gasteiger partial charge on any atom is 0.314 e. The summed E-state index contributed by atoms with van der Waals surface area (Å²) in [5.41, 5.74) is 4.66. The topological polar surface area (TPSA) is 78.4 Å². The monoisotopic (exact) mass is 314 g/mol. The Morgan fingerprint density at radius 3 is 1.65 bits per heavy atom. The van der Waals surface area contributed by atoms with Gasteiger partial charge >= 0.3 is 11.9 Å². The molecular weight excluding hydrogens is 296 g/mol. The molecule has 3 rings (SSSR count). The first-order valence-corrected chi connectivity index (χ1v) is 7.40. The van der Waals surface area contributed by atoms with Crippen molar-refractivity contribution < 1.29 is 19.1 Å². The number of rotatable bonds is 2. The number of carbonyl (C=O) groups excluding carboxylic acids is 2. The number of benzene rings is 1. The second kappa shape index (κ2) is 5.61. The molecule has 23 heavy (non-hydrogen) atoms. The predicted molar refractivity (Wildman–Crippen MR) is 83.1 cm³/mol. The van der Waals surface area contributed by atoms with Crippen molar-refractivity contribution in [2.75, 3.05) is 14.2 Å². The number of fused-ring (bicyclic) bond motifs is 2. The maximum atomic E-state index is 12.0. The molecule has 0 amide bonds. The number of nitrogens with zero attached hydrogens (tertiary/aromatic N) is 2. The van der Waals surface area contributed by atoms with Gasteiger partial charge in [0.25, 0.3) is 0 Å². The van der Waals surface area contributed by atoms with Crippen molar-refractivity contribution in [3.05, 3.63) is 34.6 Å². The van der Waals surface area contributed by atoms with Crippen LogP contribution in [-0.4, -0.2) is 36.1 Å². The third-order valence-corrected chi connectivity index (χ3v) is 4.44. The molecular formula is C17H18N2O4. The first kappa shape index (κ1) is 15.4. The number of aryl methyl sites for hydroxylation is 2. The van der Waals surface area contributed by atoms with Gasteiger partial charge in [0.15, 0.2) is 0 Å². The number of esters is 2. The van der Waals surface area contributed by atoms with Crippen LogP contribution in [0.15, 0.2) is 12.1 Å². The molecule has 1 aromatic carbocycles. The molecule has 1 heterocycles. The van der Waals surface area contributed by atoms with Crippen LogP contribution in [0.3, 0.4) is 0 Å². The third kappa shape index (κ3) is 2.44. The van der Waals surface area contributed by atoms with Crippen LogP contribution in [0.25, 0.3) is 11.0 Å². The Balaban J connectivity index is 2.22. The number of ether oxygens (including phenoxy) is 2. The summed E-state index contributed by atoms with van der Waals surface area (Å²) in [6.45, 7) is 4.00. The van der Waals surface area contributed by atoms with Crippen LogP contribution in [0.5, 0.6) is 0 Å². The number of hydrogen-bond acceptors (Lipinski definition) is 6. The van der Waals surface area contributed by atoms with Gasteiger partial charge in [-0.15, -0.1) is 0 Å². The molecule has 2 atom stereocenters. The van der Waals surface area contributed by atoms with Crippen LogP contribution < -0.4 is 0 Å². The summed E-state index contributed by atoms with van der Waals surface area (Å²) in [6, 6.07) is 3.88. The van der Waals surface area contributed by atoms with Crippen molar-refractivity contribution >= 4 is 23.0 Å². The lowest BCUT2D eigenvalue weighted by Crippen LogP contribution is -2.15. The molecule has 0 unspecified atom stereocenters. The number of carbonyl (C=O) groups is 2. The Morgan fingerprint density at radius 2 is 1.30 bits per heavy atom. The van der Waals surface area contributed by atoms with Crippen LogP contribution in [-0.2, 0) is 19.1 Å². The van der Waals surface area contributed by atoms with E-state index < -0.39 is 23.8 Å². The Kier molecular flexibility index (Phi) is 3.75. The Bertz CT molecular complexity index is 749. The van der Waals surface area contributed by atoms with Crippen LogP contribution >= 0.6 is 0 Å². The Hall–Kier alpha value is -2.50. The van der Waals surface area contributed by atoms with Crippen LogP contribution in [0.4, 0.5) is 0 Å². The molecule has 0 fully saturated rings. The molecule has 0 spiro atoms. The van der Waals surface area contributed by atoms with E-state index in [-0.39, 0.29) is 6.42 Å². The van der Waals surface area contributed by atoms with Gasteiger partial charge in [0.1, 0.15) is 11.8 Å². The normalized spacial score (nSPS) is 19.5. The van der Waals surface area contributed by atoms with Gasteiger partial charge in [-0.1, -0.05) is 0 Å². The van der Waals surface area contributed by atoms with Gasteiger partial charge in [0, 0.05) is 0 Å². The molecule has 0 radical (unpaired) electrons. The molecule has 1 aliphatic carbocycles. The van der Waals surface area contributed by atoms with E-state index in [1.54, 1.807) is 0 Å². The lowest BCUT2D eigenvalue weighted by Gasteiger charge is -2.10. The van der Waals surface area contributed by atoms with E-state index >= 15 is 0 Å². The minimum atomic E-state index is -0.586. The standard InChI is InChI=1S/C17H18N2O4/c1-8-5-12-13(6-9(8)2)19-15-11(17(21)23-4)7-10(14(15)18-12)16(20)22-3/h5-6,10-11H,7H2,1-4H3/t10-,11-/m1/s1. The fourth-order valence-corrected chi connectivity index (χ4v) is 3.01. The van der Waals surface area contributed by atoms with E-state index in [1.165, 1.54) is 14.2 Å². The first-order chi connectivity index (χ1) is 11.0. The van der Waals surface area contributed by atoms with Gasteiger partial charge in [-0.05, 0) is 43.5 Å². The lowest BCUT2D eigenvalue weighted by molar-refractivity contribution is -0.144. The highest BCUT2D eigenvalue weighted by molar-refractivity contribution is 5.87. The molecule has 1 aliphatic rings. The lowest BCUT2D eigenvalue weighted by atomic mass is 10.0. The molecule has 6 heteroatoms. The zero-order chi connectivity index (χ0) is 16.7. The summed E-state index contributed by atoms with van der Waals surface area (Å²) in [6.07, 6.45) is 0.281. The van der Waals surface area contributed by atoms with Crippen LogP contribution in [0.1, 0.15) is 40.8 Å². The van der Waals surface area contributed by atoms with E-state index in [2.05, 4.69) is 9.97 Å². The number of methoxy groups -OCH3 is 2. The highest BCUT2D eigenvalue weighted by atomic mass is 16.5. The second-order valence-electron chi connectivity index (χ2n) is 5.81.